The molecule has 3 rings (SSSR count). The molecule has 2 unspecified atom stereocenters. The summed E-state index contributed by atoms with van der Waals surface area (Å²) in [5.74, 6) is 1.01. The number of β-amino-alcohol motifs (C(OH)–C–C–N with tert-alkyl or cyclic N) is 1. The molecule has 1 aromatic heterocycles. The van der Waals surface area contributed by atoms with Gasteiger partial charge in [-0.05, 0) is 31.9 Å². The minimum Gasteiger partial charge on any atom is -0.461 e. The Balaban J connectivity index is 1.90. The van der Waals surface area contributed by atoms with E-state index in [1.807, 2.05) is 43.0 Å². The molecule has 2 heterocycles. The highest BCUT2D eigenvalue weighted by atomic mass is 32.2. The largest absolute Gasteiger partial charge is 0.461 e. The molecule has 152 valence electrons. The number of hydrogen-bond donors (Lipinski definition) is 3. The van der Waals surface area contributed by atoms with Crippen LogP contribution in [0.5, 0.6) is 6.01 Å². The average molecular weight is 406 g/mol. The number of nitrogens with one attached hydrogen (secondary N) is 1. The molecule has 0 spiro atoms. The van der Waals surface area contributed by atoms with E-state index >= 15 is 0 Å². The van der Waals surface area contributed by atoms with Gasteiger partial charge in [0.05, 0.1) is 23.0 Å². The van der Waals surface area contributed by atoms with Gasteiger partial charge in [-0.25, -0.2) is 0 Å². The highest BCUT2D eigenvalue weighted by molar-refractivity contribution is 7.84. The van der Waals surface area contributed by atoms with Crippen LogP contribution in [-0.2, 0) is 17.3 Å². The number of nitrogens with zero attached hydrogens (tertiary/aromatic N) is 3. The number of hydrogen-bond acceptors (Lipinski definition) is 8. The number of aliphatic hydroxyl groups is 1. The van der Waals surface area contributed by atoms with E-state index < -0.39 is 16.9 Å². The molecular weight excluding hydrogens is 378 g/mol. The highest BCUT2D eigenvalue weighted by Gasteiger charge is 2.26. The Hall–Kier alpha value is -2.39. The van der Waals surface area contributed by atoms with E-state index in [0.29, 0.717) is 43.4 Å². The number of nitrogens with two attached hydrogens (primary N) is 1. The maximum Gasteiger partial charge on any atom is 0.320 e. The first-order chi connectivity index (χ1) is 13.3. The van der Waals surface area contributed by atoms with Gasteiger partial charge in [-0.15, -0.1) is 0 Å². The van der Waals surface area contributed by atoms with Crippen molar-refractivity contribution in [2.75, 3.05) is 35.3 Å². The number of benzene rings is 1. The molecule has 28 heavy (non-hydrogen) atoms. The molecule has 0 amide bonds. The van der Waals surface area contributed by atoms with Gasteiger partial charge in [-0.1, -0.05) is 18.2 Å². The van der Waals surface area contributed by atoms with Crippen molar-refractivity contribution in [3.05, 3.63) is 29.8 Å². The van der Waals surface area contributed by atoms with Crippen molar-refractivity contribution >= 4 is 28.1 Å². The fourth-order valence-electron chi connectivity index (χ4n) is 3.12. The predicted octanol–water partition coefficient (Wildman–Crippen LogP) is 1.77. The number of anilines is 3. The third-order valence-electron chi connectivity index (χ3n) is 4.44. The Kier molecular flexibility index (Phi) is 6.35. The Morgan fingerprint density at radius 2 is 2.14 bits per heavy atom. The molecule has 1 fully saturated rings. The predicted molar refractivity (Wildman–Crippen MR) is 111 cm³/mol. The standard InChI is InChI=1S/C19H27N5O3S/c1-12(2)27-19-22-17(16(20)18(23-19)24-9-8-14(25)11-24)21-10-13-6-4-5-7-15(13)28(3)26/h4-7,12,14,25H,8-11,20H2,1-3H3,(H,21,22,23). The topological polar surface area (TPSA) is 114 Å². The van der Waals surface area contributed by atoms with Crippen LogP contribution in [-0.4, -0.2) is 50.8 Å². The lowest BCUT2D eigenvalue weighted by Gasteiger charge is -2.22. The summed E-state index contributed by atoms with van der Waals surface area (Å²) in [4.78, 5) is 11.6. The van der Waals surface area contributed by atoms with Crippen molar-refractivity contribution in [1.82, 2.24) is 9.97 Å². The first-order valence-corrected chi connectivity index (χ1v) is 10.8. The van der Waals surface area contributed by atoms with E-state index in [0.717, 1.165) is 10.5 Å². The van der Waals surface area contributed by atoms with Crippen molar-refractivity contribution in [1.29, 1.82) is 0 Å². The summed E-state index contributed by atoms with van der Waals surface area (Å²) in [5.41, 5.74) is 7.66. The van der Waals surface area contributed by atoms with Crippen LogP contribution in [0.4, 0.5) is 17.3 Å². The van der Waals surface area contributed by atoms with Crippen LogP contribution in [0, 0.1) is 0 Å². The van der Waals surface area contributed by atoms with Gasteiger partial charge in [0.2, 0.25) is 0 Å². The van der Waals surface area contributed by atoms with Gasteiger partial charge in [-0.2, -0.15) is 9.97 Å². The van der Waals surface area contributed by atoms with Crippen LogP contribution in [0.15, 0.2) is 29.2 Å². The Labute approximate surface area is 167 Å². The number of aliphatic hydroxyl groups excluding tert-OH is 1. The minimum atomic E-state index is -1.09. The normalized spacial score (nSPS) is 17.8. The number of ether oxygens (including phenoxy) is 1. The molecule has 2 aromatic rings. The van der Waals surface area contributed by atoms with E-state index in [2.05, 4.69) is 15.3 Å². The first kappa shape index (κ1) is 20.3. The lowest BCUT2D eigenvalue weighted by molar-refractivity contribution is 0.198. The van der Waals surface area contributed by atoms with Crippen molar-refractivity contribution in [2.24, 2.45) is 0 Å². The summed E-state index contributed by atoms with van der Waals surface area (Å²) in [6.45, 7) is 5.36. The van der Waals surface area contributed by atoms with Crippen LogP contribution in [0.1, 0.15) is 25.8 Å². The fraction of sp³-hybridized carbons (Fsp3) is 0.474. The van der Waals surface area contributed by atoms with Crippen LogP contribution >= 0.6 is 0 Å². The second-order valence-corrected chi connectivity index (χ2v) is 8.41. The molecule has 8 nitrogen and oxygen atoms in total. The lowest BCUT2D eigenvalue weighted by Crippen LogP contribution is -2.25. The lowest BCUT2D eigenvalue weighted by atomic mass is 10.2. The van der Waals surface area contributed by atoms with Crippen LogP contribution in [0.3, 0.4) is 0 Å². The molecule has 0 radical (unpaired) electrons. The van der Waals surface area contributed by atoms with Crippen LogP contribution in [0.25, 0.3) is 0 Å². The Morgan fingerprint density at radius 3 is 2.79 bits per heavy atom. The molecule has 1 saturated heterocycles. The van der Waals surface area contributed by atoms with Crippen LogP contribution in [0.2, 0.25) is 0 Å². The molecule has 0 aliphatic carbocycles. The monoisotopic (exact) mass is 405 g/mol. The number of aromatic nitrogens is 2. The number of nitrogen functional groups attached to an aromatic ring is 1. The second kappa shape index (κ2) is 8.74. The van der Waals surface area contributed by atoms with E-state index in [1.54, 1.807) is 6.26 Å². The molecule has 0 bridgehead atoms. The zero-order valence-corrected chi connectivity index (χ0v) is 17.2. The summed E-state index contributed by atoms with van der Waals surface area (Å²) in [6.07, 6.45) is 1.84. The van der Waals surface area contributed by atoms with Gasteiger partial charge in [0.15, 0.2) is 11.6 Å². The summed E-state index contributed by atoms with van der Waals surface area (Å²) >= 11 is 0. The molecule has 0 saturated carbocycles. The second-order valence-electron chi connectivity index (χ2n) is 7.06. The summed E-state index contributed by atoms with van der Waals surface area (Å²) in [6, 6.07) is 7.77. The molecule has 4 N–H and O–H groups in total. The van der Waals surface area contributed by atoms with Gasteiger partial charge in [0, 0.05) is 30.8 Å². The SMILES string of the molecule is CC(C)Oc1nc(NCc2ccccc2S(C)=O)c(N)c(N2CCC(O)C2)n1. The first-order valence-electron chi connectivity index (χ1n) is 9.27. The molecule has 1 aliphatic rings. The summed E-state index contributed by atoms with van der Waals surface area (Å²) < 4.78 is 17.7. The van der Waals surface area contributed by atoms with E-state index in [4.69, 9.17) is 10.5 Å². The molecule has 9 heteroatoms. The summed E-state index contributed by atoms with van der Waals surface area (Å²) in [5, 5.41) is 13.1. The quantitative estimate of drug-likeness (QED) is 0.639. The minimum absolute atomic E-state index is 0.0864. The molecular formula is C19H27N5O3S. The average Bonchev–Trinajstić information content (AvgIpc) is 3.07. The van der Waals surface area contributed by atoms with E-state index in [9.17, 15) is 9.32 Å². The van der Waals surface area contributed by atoms with Gasteiger partial charge in [0.25, 0.3) is 0 Å². The molecule has 1 aromatic carbocycles. The maximum absolute atomic E-state index is 12.0. The maximum atomic E-state index is 12.0. The number of rotatable bonds is 7. The smallest absolute Gasteiger partial charge is 0.320 e. The van der Waals surface area contributed by atoms with Gasteiger partial charge < -0.3 is 25.8 Å². The zero-order valence-electron chi connectivity index (χ0n) is 16.4. The summed E-state index contributed by atoms with van der Waals surface area (Å²) in [7, 11) is -1.09. The molecule has 1 aliphatic heterocycles. The van der Waals surface area contributed by atoms with E-state index in [1.165, 1.54) is 0 Å². The van der Waals surface area contributed by atoms with Crippen LogP contribution < -0.4 is 20.7 Å². The van der Waals surface area contributed by atoms with Crippen molar-refractivity contribution in [2.45, 2.75) is 43.9 Å². The van der Waals surface area contributed by atoms with Gasteiger partial charge in [-0.3, -0.25) is 4.21 Å². The van der Waals surface area contributed by atoms with Gasteiger partial charge in [0.1, 0.15) is 5.69 Å². The zero-order chi connectivity index (χ0) is 20.3. The van der Waals surface area contributed by atoms with Crippen molar-refractivity contribution < 1.29 is 14.1 Å². The van der Waals surface area contributed by atoms with E-state index in [-0.39, 0.29) is 12.1 Å². The highest BCUT2D eigenvalue weighted by Crippen LogP contribution is 2.32. The Morgan fingerprint density at radius 1 is 1.39 bits per heavy atom. The molecule has 2 atom stereocenters. The fourth-order valence-corrected chi connectivity index (χ4v) is 3.90. The Bertz CT molecular complexity index is 861. The third-order valence-corrected chi connectivity index (χ3v) is 5.46. The van der Waals surface area contributed by atoms with Gasteiger partial charge >= 0.3 is 6.01 Å². The third kappa shape index (κ3) is 4.71. The van der Waals surface area contributed by atoms with Crippen molar-refractivity contribution in [3.8, 4) is 6.01 Å². The van der Waals surface area contributed by atoms with Crippen molar-refractivity contribution in [3.63, 3.8) is 0 Å².